The van der Waals surface area contributed by atoms with Crippen molar-refractivity contribution in [2.24, 2.45) is 0 Å². The number of thiazole rings is 1. The standard InChI is InChI=1S/C18H12F2N4OS3/c1-9-21-16-17(28-9)15(13-3-2-6-26-13)23-24-18(16)27-8-14(25)22-12-5-4-10(19)7-11(12)20/h2-7H,8H2,1H3,(H,22,25). The van der Waals surface area contributed by atoms with Crippen molar-refractivity contribution in [3.8, 4) is 10.6 Å². The van der Waals surface area contributed by atoms with Gasteiger partial charge >= 0.3 is 0 Å². The van der Waals surface area contributed by atoms with Gasteiger partial charge in [-0.25, -0.2) is 13.8 Å². The second-order valence-electron chi connectivity index (χ2n) is 5.70. The van der Waals surface area contributed by atoms with Gasteiger partial charge in [-0.3, -0.25) is 4.79 Å². The molecule has 0 spiro atoms. The van der Waals surface area contributed by atoms with Crippen LogP contribution in [-0.2, 0) is 4.79 Å². The third-order valence-corrected chi connectivity index (χ3v) is 6.50. The van der Waals surface area contributed by atoms with Crippen molar-refractivity contribution in [2.75, 3.05) is 11.1 Å². The predicted octanol–water partition coefficient (Wildman–Crippen LogP) is 5.13. The number of amides is 1. The third kappa shape index (κ3) is 3.89. The Morgan fingerprint density at radius 1 is 1.25 bits per heavy atom. The molecular formula is C18H12F2N4OS3. The summed E-state index contributed by atoms with van der Waals surface area (Å²) in [5.41, 5.74) is 1.41. The average molecular weight is 435 g/mol. The smallest absolute Gasteiger partial charge is 0.234 e. The van der Waals surface area contributed by atoms with Gasteiger partial charge in [0, 0.05) is 6.07 Å². The molecule has 0 saturated carbocycles. The quantitative estimate of drug-likeness (QED) is 0.441. The normalized spacial score (nSPS) is 11.1. The number of thioether (sulfide) groups is 1. The molecule has 1 N–H and O–H groups in total. The van der Waals surface area contributed by atoms with Gasteiger partial charge in [0.25, 0.3) is 0 Å². The van der Waals surface area contributed by atoms with Crippen LogP contribution >= 0.6 is 34.4 Å². The van der Waals surface area contributed by atoms with Crippen molar-refractivity contribution >= 4 is 56.2 Å². The first-order chi connectivity index (χ1) is 13.5. The number of benzene rings is 1. The Bertz CT molecular complexity index is 1160. The molecule has 0 radical (unpaired) electrons. The molecule has 0 aliphatic carbocycles. The lowest BCUT2D eigenvalue weighted by atomic mass is 10.3. The van der Waals surface area contributed by atoms with E-state index in [1.54, 1.807) is 11.3 Å². The predicted molar refractivity (Wildman–Crippen MR) is 109 cm³/mol. The molecule has 0 bridgehead atoms. The van der Waals surface area contributed by atoms with Gasteiger partial charge in [-0.2, -0.15) is 0 Å². The summed E-state index contributed by atoms with van der Waals surface area (Å²) < 4.78 is 27.6. The van der Waals surface area contributed by atoms with Crippen LogP contribution in [0.25, 0.3) is 20.8 Å². The number of nitrogens with zero attached hydrogens (tertiary/aromatic N) is 3. The SMILES string of the molecule is Cc1nc2c(SCC(=O)Nc3ccc(F)cc3F)nnc(-c3cccs3)c2s1. The van der Waals surface area contributed by atoms with Crippen molar-refractivity contribution in [2.45, 2.75) is 11.9 Å². The van der Waals surface area contributed by atoms with E-state index < -0.39 is 17.5 Å². The van der Waals surface area contributed by atoms with Gasteiger partial charge in [-0.15, -0.1) is 32.9 Å². The molecule has 1 aromatic carbocycles. The zero-order valence-corrected chi connectivity index (χ0v) is 16.9. The van der Waals surface area contributed by atoms with E-state index in [0.29, 0.717) is 10.5 Å². The average Bonchev–Trinajstić information content (AvgIpc) is 3.31. The first kappa shape index (κ1) is 18.9. The van der Waals surface area contributed by atoms with Gasteiger partial charge in [-0.1, -0.05) is 17.8 Å². The molecule has 4 aromatic rings. The van der Waals surface area contributed by atoms with E-state index in [1.165, 1.54) is 29.2 Å². The molecule has 4 rings (SSSR count). The van der Waals surface area contributed by atoms with Crippen molar-refractivity contribution in [3.05, 3.63) is 52.4 Å². The highest BCUT2D eigenvalue weighted by Gasteiger charge is 2.17. The zero-order chi connectivity index (χ0) is 19.7. The van der Waals surface area contributed by atoms with Crippen LogP contribution in [0.5, 0.6) is 0 Å². The van der Waals surface area contributed by atoms with Crippen LogP contribution in [0.1, 0.15) is 5.01 Å². The van der Waals surface area contributed by atoms with Gasteiger partial charge in [0.1, 0.15) is 27.9 Å². The van der Waals surface area contributed by atoms with E-state index in [1.807, 2.05) is 24.4 Å². The molecule has 28 heavy (non-hydrogen) atoms. The fraction of sp³-hybridized carbons (Fsp3) is 0.111. The molecule has 5 nitrogen and oxygen atoms in total. The van der Waals surface area contributed by atoms with Gasteiger partial charge < -0.3 is 5.32 Å². The largest absolute Gasteiger partial charge is 0.323 e. The number of hydrogen-bond donors (Lipinski definition) is 1. The summed E-state index contributed by atoms with van der Waals surface area (Å²) >= 11 is 4.27. The van der Waals surface area contributed by atoms with Crippen molar-refractivity contribution in [1.29, 1.82) is 0 Å². The van der Waals surface area contributed by atoms with Crippen molar-refractivity contribution in [1.82, 2.24) is 15.2 Å². The Morgan fingerprint density at radius 3 is 2.86 bits per heavy atom. The van der Waals surface area contributed by atoms with Crippen LogP contribution in [0.4, 0.5) is 14.5 Å². The Morgan fingerprint density at radius 2 is 2.11 bits per heavy atom. The highest BCUT2D eigenvalue weighted by molar-refractivity contribution is 8.00. The van der Waals surface area contributed by atoms with Crippen LogP contribution in [0.15, 0.2) is 40.7 Å². The summed E-state index contributed by atoms with van der Waals surface area (Å²) in [6.07, 6.45) is 0. The first-order valence-corrected chi connectivity index (χ1v) is 10.7. The van der Waals surface area contributed by atoms with Gasteiger partial charge in [0.05, 0.1) is 26.0 Å². The molecule has 0 unspecified atom stereocenters. The summed E-state index contributed by atoms with van der Waals surface area (Å²) in [6.45, 7) is 1.90. The van der Waals surface area contributed by atoms with Crippen LogP contribution in [0.2, 0.25) is 0 Å². The highest BCUT2D eigenvalue weighted by Crippen LogP contribution is 2.36. The van der Waals surface area contributed by atoms with Gasteiger partial charge in [0.15, 0.2) is 0 Å². The minimum absolute atomic E-state index is 0.00445. The Hall–Kier alpha value is -2.43. The summed E-state index contributed by atoms with van der Waals surface area (Å²) in [7, 11) is 0. The number of aryl methyl sites for hydroxylation is 1. The number of carbonyl (C=O) groups is 1. The number of carbonyl (C=O) groups excluding carboxylic acids is 1. The second-order valence-corrected chi connectivity index (χ2v) is 8.82. The topological polar surface area (TPSA) is 67.8 Å². The molecule has 0 atom stereocenters. The van der Waals surface area contributed by atoms with Gasteiger partial charge in [0.2, 0.25) is 5.91 Å². The Balaban J connectivity index is 1.54. The van der Waals surface area contributed by atoms with E-state index in [0.717, 1.165) is 32.4 Å². The van der Waals surface area contributed by atoms with E-state index in [-0.39, 0.29) is 11.4 Å². The zero-order valence-electron chi connectivity index (χ0n) is 14.4. The van der Waals surface area contributed by atoms with Crippen LogP contribution < -0.4 is 5.32 Å². The molecule has 3 heterocycles. The lowest BCUT2D eigenvalue weighted by Gasteiger charge is -2.07. The lowest BCUT2D eigenvalue weighted by molar-refractivity contribution is -0.113. The molecule has 0 aliphatic rings. The maximum atomic E-state index is 13.7. The van der Waals surface area contributed by atoms with Crippen molar-refractivity contribution < 1.29 is 13.6 Å². The fourth-order valence-corrected chi connectivity index (χ4v) is 4.99. The fourth-order valence-electron chi connectivity index (χ4n) is 2.50. The number of halogens is 2. The van der Waals surface area contributed by atoms with E-state index in [9.17, 15) is 13.6 Å². The van der Waals surface area contributed by atoms with E-state index in [2.05, 4.69) is 20.5 Å². The lowest BCUT2D eigenvalue weighted by Crippen LogP contribution is -2.15. The summed E-state index contributed by atoms with van der Waals surface area (Å²) in [6, 6.07) is 6.91. The molecule has 10 heteroatoms. The van der Waals surface area contributed by atoms with Crippen LogP contribution in [-0.4, -0.2) is 26.8 Å². The maximum absolute atomic E-state index is 13.7. The molecule has 0 saturated heterocycles. The number of anilines is 1. The Labute approximate surface area is 170 Å². The Kier molecular flexibility index (Phi) is 5.33. The summed E-state index contributed by atoms with van der Waals surface area (Å²) in [5.74, 6) is -1.96. The molecular weight excluding hydrogens is 422 g/mol. The van der Waals surface area contributed by atoms with Crippen LogP contribution in [0, 0.1) is 18.6 Å². The monoisotopic (exact) mass is 434 g/mol. The molecule has 3 aromatic heterocycles. The summed E-state index contributed by atoms with van der Waals surface area (Å²) in [5, 5.41) is 14.4. The van der Waals surface area contributed by atoms with E-state index in [4.69, 9.17) is 0 Å². The minimum atomic E-state index is -0.823. The second kappa shape index (κ2) is 7.90. The number of nitrogens with one attached hydrogen (secondary N) is 1. The van der Waals surface area contributed by atoms with Crippen molar-refractivity contribution in [3.63, 3.8) is 0 Å². The van der Waals surface area contributed by atoms with Gasteiger partial charge in [-0.05, 0) is 30.5 Å². The maximum Gasteiger partial charge on any atom is 0.234 e. The van der Waals surface area contributed by atoms with E-state index >= 15 is 0 Å². The summed E-state index contributed by atoms with van der Waals surface area (Å²) in [4.78, 5) is 17.7. The number of fused-ring (bicyclic) bond motifs is 1. The minimum Gasteiger partial charge on any atom is -0.323 e. The molecule has 142 valence electrons. The third-order valence-electron chi connectivity index (χ3n) is 3.69. The number of aromatic nitrogens is 3. The number of rotatable bonds is 5. The highest BCUT2D eigenvalue weighted by atomic mass is 32.2. The number of thiophene rings is 1. The first-order valence-electron chi connectivity index (χ1n) is 8.06. The molecule has 1 amide bonds. The number of hydrogen-bond acceptors (Lipinski definition) is 7. The van der Waals surface area contributed by atoms with Crippen LogP contribution in [0.3, 0.4) is 0 Å². The molecule has 0 fully saturated rings. The molecule has 0 aliphatic heterocycles.